The third-order valence-corrected chi connectivity index (χ3v) is 9.05. The minimum Gasteiger partial charge on any atom is -0.497 e. The Morgan fingerprint density at radius 2 is 1.84 bits per heavy atom. The second-order valence-corrected chi connectivity index (χ2v) is 12.8. The van der Waals surface area contributed by atoms with Crippen LogP contribution < -0.4 is 29.1 Å². The predicted molar refractivity (Wildman–Crippen MR) is 179 cm³/mol. The minimum absolute atomic E-state index is 0.273. The molecule has 0 amide bonds. The van der Waals surface area contributed by atoms with Crippen LogP contribution >= 0.6 is 45.5 Å². The Hall–Kier alpha value is -3.61. The quantitative estimate of drug-likeness (QED) is 0.154. The summed E-state index contributed by atoms with van der Waals surface area (Å²) < 4.78 is 25.5. The maximum Gasteiger partial charge on any atom is 0.338 e. The van der Waals surface area contributed by atoms with Crippen LogP contribution in [0.1, 0.15) is 43.5 Å². The Kier molecular flexibility index (Phi) is 9.81. The number of thiazole rings is 1. The molecule has 44 heavy (non-hydrogen) atoms. The first-order valence-corrected chi connectivity index (χ1v) is 16.0. The third kappa shape index (κ3) is 6.57. The maximum absolute atomic E-state index is 14.0. The number of hydrogen-bond donors (Lipinski definition) is 0. The van der Waals surface area contributed by atoms with Crippen LogP contribution in [0.2, 0.25) is 5.02 Å². The zero-order valence-electron chi connectivity index (χ0n) is 24.7. The van der Waals surface area contributed by atoms with Crippen LogP contribution in [0.15, 0.2) is 81.7 Å². The first-order chi connectivity index (χ1) is 21.1. The van der Waals surface area contributed by atoms with E-state index in [1.54, 1.807) is 57.8 Å². The lowest BCUT2D eigenvalue weighted by Gasteiger charge is -2.25. The van der Waals surface area contributed by atoms with Crippen molar-refractivity contribution < 1.29 is 23.7 Å². The number of methoxy groups -OCH3 is 2. The number of rotatable bonds is 9. The first-order valence-electron chi connectivity index (χ1n) is 13.7. The van der Waals surface area contributed by atoms with Crippen LogP contribution in [-0.4, -0.2) is 30.9 Å². The lowest BCUT2D eigenvalue weighted by atomic mass is 9.96. The molecule has 4 aromatic rings. The molecule has 0 bridgehead atoms. The van der Waals surface area contributed by atoms with Crippen molar-refractivity contribution in [2.45, 2.75) is 39.5 Å². The largest absolute Gasteiger partial charge is 0.497 e. The lowest BCUT2D eigenvalue weighted by molar-refractivity contribution is -0.143. The number of allylic oxidation sites excluding steroid dienone is 1. The van der Waals surface area contributed by atoms with Crippen molar-refractivity contribution >= 4 is 57.6 Å². The van der Waals surface area contributed by atoms with Gasteiger partial charge in [-0.1, -0.05) is 53.3 Å². The molecule has 2 heterocycles. The summed E-state index contributed by atoms with van der Waals surface area (Å²) in [6.45, 7) is 5.61. The number of benzene rings is 3. The van der Waals surface area contributed by atoms with Gasteiger partial charge < -0.3 is 18.9 Å². The van der Waals surface area contributed by atoms with Gasteiger partial charge in [-0.15, -0.1) is 0 Å². The van der Waals surface area contributed by atoms with Gasteiger partial charge in [-0.05, 0) is 90.9 Å². The maximum atomic E-state index is 14.0. The van der Waals surface area contributed by atoms with Gasteiger partial charge in [0.25, 0.3) is 5.56 Å². The topological polar surface area (TPSA) is 88.4 Å². The predicted octanol–water partition coefficient (Wildman–Crippen LogP) is 6.04. The van der Waals surface area contributed by atoms with Gasteiger partial charge in [0.15, 0.2) is 16.3 Å². The second-order valence-electron chi connectivity index (χ2n) is 10.2. The molecule has 1 aromatic heterocycles. The van der Waals surface area contributed by atoms with E-state index in [4.69, 9.17) is 30.5 Å². The molecular weight excluding hydrogens is 715 g/mol. The van der Waals surface area contributed by atoms with E-state index in [1.807, 2.05) is 48.5 Å². The van der Waals surface area contributed by atoms with E-state index in [1.165, 1.54) is 11.3 Å². The van der Waals surface area contributed by atoms with E-state index >= 15 is 0 Å². The smallest absolute Gasteiger partial charge is 0.338 e. The van der Waals surface area contributed by atoms with Crippen LogP contribution in [0.5, 0.6) is 17.2 Å². The van der Waals surface area contributed by atoms with Crippen molar-refractivity contribution in [2.24, 2.45) is 4.99 Å². The Labute approximate surface area is 277 Å². The zero-order chi connectivity index (χ0) is 31.5. The summed E-state index contributed by atoms with van der Waals surface area (Å²) in [6, 6.07) is 17.8. The molecule has 0 unspecified atom stereocenters. The Bertz CT molecular complexity index is 1930. The fraction of sp³-hybridized carbons (Fsp3) is 0.242. The molecule has 8 nitrogen and oxygen atoms in total. The summed E-state index contributed by atoms with van der Waals surface area (Å²) in [4.78, 5) is 32.5. The standard InChI is InChI=1S/C33H30ClIN2O6S/c1-18(2)43-32(39)28-19(3)36-33-37(29(28)21-10-12-23(40-4)13-11-21)31(38)27(44-33)16-20-14-25(35)30(26(15-20)41-5)42-17-22-8-6-7-9-24(22)34/h6-16,18,29H,17H2,1-5H3/b27-16-/t29-/m1/s1. The molecule has 228 valence electrons. The van der Waals surface area contributed by atoms with Gasteiger partial charge >= 0.3 is 5.97 Å². The van der Waals surface area contributed by atoms with Crippen molar-refractivity contribution in [1.82, 2.24) is 4.57 Å². The number of carbonyl (C=O) groups is 1. The van der Waals surface area contributed by atoms with Gasteiger partial charge in [-0.3, -0.25) is 9.36 Å². The van der Waals surface area contributed by atoms with Crippen molar-refractivity contribution in [1.29, 1.82) is 0 Å². The number of carbonyl (C=O) groups excluding carboxylic acids is 1. The van der Waals surface area contributed by atoms with Gasteiger partial charge in [0.05, 0.1) is 45.7 Å². The summed E-state index contributed by atoms with van der Waals surface area (Å²) in [5.41, 5.74) is 2.89. The van der Waals surface area contributed by atoms with Crippen molar-refractivity contribution in [3.63, 3.8) is 0 Å². The van der Waals surface area contributed by atoms with Crippen LogP contribution in [0.4, 0.5) is 0 Å². The van der Waals surface area contributed by atoms with Crippen LogP contribution in [0.3, 0.4) is 0 Å². The molecule has 0 fully saturated rings. The van der Waals surface area contributed by atoms with Gasteiger partial charge in [0, 0.05) is 10.6 Å². The second kappa shape index (κ2) is 13.6. The fourth-order valence-electron chi connectivity index (χ4n) is 4.84. The average Bonchev–Trinajstić information content (AvgIpc) is 3.29. The summed E-state index contributed by atoms with van der Waals surface area (Å²) in [7, 11) is 3.15. The number of hydrogen-bond acceptors (Lipinski definition) is 8. The third-order valence-electron chi connectivity index (χ3n) is 6.90. The van der Waals surface area contributed by atoms with E-state index < -0.39 is 12.0 Å². The minimum atomic E-state index is -0.721. The van der Waals surface area contributed by atoms with Crippen LogP contribution in [-0.2, 0) is 16.1 Å². The Morgan fingerprint density at radius 3 is 2.50 bits per heavy atom. The average molecular weight is 745 g/mol. The molecule has 1 aliphatic heterocycles. The van der Waals surface area contributed by atoms with Gasteiger partial charge in [-0.25, -0.2) is 9.79 Å². The summed E-state index contributed by atoms with van der Waals surface area (Å²) >= 11 is 9.75. The van der Waals surface area contributed by atoms with Gasteiger partial charge in [0.1, 0.15) is 12.4 Å². The van der Waals surface area contributed by atoms with Crippen molar-refractivity contribution in [3.8, 4) is 17.2 Å². The molecule has 1 atom stereocenters. The normalized spacial score (nSPS) is 14.7. The van der Waals surface area contributed by atoms with E-state index in [9.17, 15) is 9.59 Å². The molecule has 0 N–H and O–H groups in total. The van der Waals surface area contributed by atoms with Gasteiger partial charge in [0.2, 0.25) is 0 Å². The Morgan fingerprint density at radius 1 is 1.11 bits per heavy atom. The van der Waals surface area contributed by atoms with E-state index in [2.05, 4.69) is 27.6 Å². The molecule has 0 saturated heterocycles. The SMILES string of the molecule is COc1ccc([C@@H]2C(C(=O)OC(C)C)=C(C)N=c3s/c(=C\c4cc(I)c(OCc5ccccc5Cl)c(OC)c4)c(=O)n32)cc1. The number of esters is 1. The summed E-state index contributed by atoms with van der Waals surface area (Å²) in [5.74, 6) is 1.25. The van der Waals surface area contributed by atoms with Crippen molar-refractivity contribution in [2.75, 3.05) is 14.2 Å². The number of aromatic nitrogens is 1. The van der Waals surface area contributed by atoms with Crippen LogP contribution in [0.25, 0.3) is 6.08 Å². The molecule has 11 heteroatoms. The highest BCUT2D eigenvalue weighted by Crippen LogP contribution is 2.36. The van der Waals surface area contributed by atoms with Crippen LogP contribution in [0, 0.1) is 3.57 Å². The molecule has 0 radical (unpaired) electrons. The molecule has 3 aromatic carbocycles. The van der Waals surface area contributed by atoms with E-state index in [-0.39, 0.29) is 18.3 Å². The summed E-state index contributed by atoms with van der Waals surface area (Å²) in [5, 5.41) is 0.622. The lowest BCUT2D eigenvalue weighted by Crippen LogP contribution is -2.40. The molecular formula is C33H30ClIN2O6S. The summed E-state index contributed by atoms with van der Waals surface area (Å²) in [6.07, 6.45) is 1.46. The number of nitrogens with zero attached hydrogens (tertiary/aromatic N) is 2. The molecule has 5 rings (SSSR count). The van der Waals surface area contributed by atoms with E-state index in [0.29, 0.717) is 42.9 Å². The highest BCUT2D eigenvalue weighted by Gasteiger charge is 2.33. The highest BCUT2D eigenvalue weighted by atomic mass is 127. The van der Waals surface area contributed by atoms with Crippen molar-refractivity contribution in [3.05, 3.63) is 117 Å². The molecule has 0 aliphatic carbocycles. The monoisotopic (exact) mass is 744 g/mol. The molecule has 0 spiro atoms. The Balaban J connectivity index is 1.58. The van der Waals surface area contributed by atoms with E-state index in [0.717, 1.165) is 20.3 Å². The highest BCUT2D eigenvalue weighted by molar-refractivity contribution is 14.1. The fourth-order valence-corrected chi connectivity index (χ4v) is 6.86. The first kappa shape index (κ1) is 31.8. The molecule has 1 aliphatic rings. The number of halogens is 2. The van der Waals surface area contributed by atoms with Gasteiger partial charge in [-0.2, -0.15) is 0 Å². The zero-order valence-corrected chi connectivity index (χ0v) is 28.5. The number of fused-ring (bicyclic) bond motifs is 1. The number of ether oxygens (including phenoxy) is 4. The molecule has 0 saturated carbocycles.